The number of aromatic nitrogens is 3. The molecule has 4 rings (SSSR count). The third kappa shape index (κ3) is 5.12. The van der Waals surface area contributed by atoms with E-state index in [2.05, 4.69) is 15.3 Å². The summed E-state index contributed by atoms with van der Waals surface area (Å²) < 4.78 is 34.7. The molecule has 0 aliphatic carbocycles. The number of hydrogen-bond acceptors (Lipinski definition) is 7. The Hall–Kier alpha value is -3.90. The second-order valence-corrected chi connectivity index (χ2v) is 9.44. The van der Waals surface area contributed by atoms with E-state index in [1.807, 2.05) is 0 Å². The van der Waals surface area contributed by atoms with E-state index in [0.29, 0.717) is 41.0 Å². The van der Waals surface area contributed by atoms with Crippen molar-refractivity contribution < 1.29 is 22.7 Å². The summed E-state index contributed by atoms with van der Waals surface area (Å²) in [5.74, 6) is 0.845. The molecule has 2 heterocycles. The van der Waals surface area contributed by atoms with E-state index in [1.54, 1.807) is 24.3 Å². The standard InChI is InChI=1S/C23H25N5O6S/c1-33-18-11-16-17(12-19(18)34-2)27-22-21(16)26-13-28(23(22)30)10-8-20(29)25-9-7-14-3-5-15(6-4-14)35(24,31)32/h3-6,11-13,27H,7-10H2,1-2H3,(H,25,29)(H2,24,31,32). The minimum Gasteiger partial charge on any atom is -0.493 e. The molecule has 4 aromatic rings. The Labute approximate surface area is 200 Å². The van der Waals surface area contributed by atoms with Crippen molar-refractivity contribution in [1.82, 2.24) is 19.9 Å². The number of sulfonamides is 1. The molecule has 0 saturated carbocycles. The lowest BCUT2D eigenvalue weighted by atomic mass is 10.1. The van der Waals surface area contributed by atoms with Gasteiger partial charge in [0.05, 0.1) is 31.0 Å². The van der Waals surface area contributed by atoms with Crippen LogP contribution in [0.2, 0.25) is 0 Å². The van der Waals surface area contributed by atoms with Crippen LogP contribution in [0.4, 0.5) is 0 Å². The molecule has 35 heavy (non-hydrogen) atoms. The number of nitrogens with one attached hydrogen (secondary N) is 2. The summed E-state index contributed by atoms with van der Waals surface area (Å²) in [4.78, 5) is 32.8. The topological polar surface area (TPSA) is 158 Å². The van der Waals surface area contributed by atoms with Gasteiger partial charge in [0.2, 0.25) is 15.9 Å². The van der Waals surface area contributed by atoms with Gasteiger partial charge < -0.3 is 19.8 Å². The van der Waals surface area contributed by atoms with Crippen molar-refractivity contribution in [3.05, 3.63) is 58.6 Å². The van der Waals surface area contributed by atoms with Gasteiger partial charge in [0.15, 0.2) is 11.5 Å². The quantitative estimate of drug-likeness (QED) is 0.313. The first-order valence-corrected chi connectivity index (χ1v) is 12.3. The monoisotopic (exact) mass is 499 g/mol. The highest BCUT2D eigenvalue weighted by Crippen LogP contribution is 2.34. The van der Waals surface area contributed by atoms with E-state index in [1.165, 1.54) is 37.2 Å². The minimum atomic E-state index is -3.74. The van der Waals surface area contributed by atoms with Crippen molar-refractivity contribution in [2.45, 2.75) is 24.3 Å². The van der Waals surface area contributed by atoms with E-state index >= 15 is 0 Å². The SMILES string of the molecule is COc1cc2[nH]c3c(=O)n(CCC(=O)NCCc4ccc(S(N)(=O)=O)cc4)cnc3c2cc1OC. The van der Waals surface area contributed by atoms with Gasteiger partial charge in [0, 0.05) is 31.0 Å². The van der Waals surface area contributed by atoms with Gasteiger partial charge in [0.1, 0.15) is 11.0 Å². The molecule has 0 bridgehead atoms. The lowest BCUT2D eigenvalue weighted by molar-refractivity contribution is -0.121. The number of rotatable bonds is 9. The van der Waals surface area contributed by atoms with E-state index in [4.69, 9.17) is 14.6 Å². The number of methoxy groups -OCH3 is 2. The number of benzene rings is 2. The van der Waals surface area contributed by atoms with Crippen LogP contribution in [-0.2, 0) is 27.8 Å². The lowest BCUT2D eigenvalue weighted by Crippen LogP contribution is -2.29. The Morgan fingerprint density at radius 1 is 1.14 bits per heavy atom. The predicted octanol–water partition coefficient (Wildman–Crippen LogP) is 1.29. The largest absolute Gasteiger partial charge is 0.493 e. The zero-order chi connectivity index (χ0) is 25.2. The summed E-state index contributed by atoms with van der Waals surface area (Å²) in [6.07, 6.45) is 2.04. The fraction of sp³-hybridized carbons (Fsp3) is 0.261. The van der Waals surface area contributed by atoms with Gasteiger partial charge >= 0.3 is 0 Å². The Bertz CT molecular complexity index is 1560. The average Bonchev–Trinajstić information content (AvgIpc) is 3.20. The number of ether oxygens (including phenoxy) is 2. The van der Waals surface area contributed by atoms with Gasteiger partial charge in [-0.1, -0.05) is 12.1 Å². The summed E-state index contributed by atoms with van der Waals surface area (Å²) in [6, 6.07) is 9.67. The molecule has 0 saturated heterocycles. The van der Waals surface area contributed by atoms with Gasteiger partial charge in [0.25, 0.3) is 5.56 Å². The molecule has 1 amide bonds. The maximum Gasteiger partial charge on any atom is 0.277 e. The zero-order valence-corrected chi connectivity index (χ0v) is 20.0. The molecule has 2 aromatic heterocycles. The van der Waals surface area contributed by atoms with Crippen molar-refractivity contribution >= 4 is 37.9 Å². The van der Waals surface area contributed by atoms with Crippen molar-refractivity contribution in [1.29, 1.82) is 0 Å². The second-order valence-electron chi connectivity index (χ2n) is 7.88. The van der Waals surface area contributed by atoms with Gasteiger partial charge in [-0.05, 0) is 30.2 Å². The van der Waals surface area contributed by atoms with Crippen LogP contribution in [0.25, 0.3) is 21.9 Å². The predicted molar refractivity (Wildman–Crippen MR) is 130 cm³/mol. The number of nitrogens with two attached hydrogens (primary N) is 1. The third-order valence-electron chi connectivity index (χ3n) is 5.64. The molecule has 2 aromatic carbocycles. The lowest BCUT2D eigenvalue weighted by Gasteiger charge is -2.08. The maximum absolute atomic E-state index is 13.0. The van der Waals surface area contributed by atoms with Gasteiger partial charge in [-0.3, -0.25) is 14.2 Å². The summed E-state index contributed by atoms with van der Waals surface area (Å²) in [5, 5.41) is 8.62. The molecule has 4 N–H and O–H groups in total. The molecule has 0 fully saturated rings. The Balaban J connectivity index is 1.39. The van der Waals surface area contributed by atoms with Crippen LogP contribution in [0.15, 0.2) is 52.4 Å². The number of nitrogens with zero attached hydrogens (tertiary/aromatic N) is 2. The van der Waals surface area contributed by atoms with Crippen LogP contribution >= 0.6 is 0 Å². The molecule has 184 valence electrons. The van der Waals surface area contributed by atoms with E-state index in [0.717, 1.165) is 10.9 Å². The first-order valence-electron chi connectivity index (χ1n) is 10.7. The minimum absolute atomic E-state index is 0.0366. The highest BCUT2D eigenvalue weighted by atomic mass is 32.2. The van der Waals surface area contributed by atoms with E-state index in [9.17, 15) is 18.0 Å². The molecular weight excluding hydrogens is 474 g/mol. The zero-order valence-electron chi connectivity index (χ0n) is 19.2. The molecule has 0 spiro atoms. The van der Waals surface area contributed by atoms with Crippen molar-refractivity contribution in [2.75, 3.05) is 20.8 Å². The molecule has 0 aliphatic heterocycles. The highest BCUT2D eigenvalue weighted by Gasteiger charge is 2.15. The molecule has 0 atom stereocenters. The fourth-order valence-electron chi connectivity index (χ4n) is 3.78. The van der Waals surface area contributed by atoms with Crippen LogP contribution in [0.1, 0.15) is 12.0 Å². The summed E-state index contributed by atoms with van der Waals surface area (Å²) in [6.45, 7) is 0.532. The summed E-state index contributed by atoms with van der Waals surface area (Å²) >= 11 is 0. The van der Waals surface area contributed by atoms with Crippen LogP contribution in [0, 0.1) is 0 Å². The number of fused-ring (bicyclic) bond motifs is 3. The number of H-pyrrole nitrogens is 1. The molecule has 12 heteroatoms. The number of amides is 1. The van der Waals surface area contributed by atoms with Crippen LogP contribution in [-0.4, -0.2) is 49.6 Å². The van der Waals surface area contributed by atoms with Gasteiger partial charge in [-0.25, -0.2) is 18.5 Å². The number of aromatic amines is 1. The summed E-state index contributed by atoms with van der Waals surface area (Å²) in [7, 11) is -0.665. The smallest absolute Gasteiger partial charge is 0.277 e. The molecular formula is C23H25N5O6S. The first-order chi connectivity index (χ1) is 16.7. The Morgan fingerprint density at radius 2 is 1.83 bits per heavy atom. The normalized spacial score (nSPS) is 11.6. The average molecular weight is 500 g/mol. The van der Waals surface area contributed by atoms with Gasteiger partial charge in [-0.2, -0.15) is 0 Å². The van der Waals surface area contributed by atoms with Crippen LogP contribution in [0.5, 0.6) is 11.5 Å². The van der Waals surface area contributed by atoms with E-state index < -0.39 is 10.0 Å². The van der Waals surface area contributed by atoms with Gasteiger partial charge in [-0.15, -0.1) is 0 Å². The number of primary sulfonamides is 1. The number of hydrogen-bond donors (Lipinski definition) is 3. The molecule has 0 radical (unpaired) electrons. The van der Waals surface area contributed by atoms with E-state index in [-0.39, 0.29) is 29.3 Å². The Kier molecular flexibility index (Phi) is 6.76. The third-order valence-corrected chi connectivity index (χ3v) is 6.57. The molecule has 0 unspecified atom stereocenters. The fourth-order valence-corrected chi connectivity index (χ4v) is 4.30. The first kappa shape index (κ1) is 24.2. The summed E-state index contributed by atoms with van der Waals surface area (Å²) in [5.41, 5.74) is 2.11. The van der Waals surface area contributed by atoms with Crippen molar-refractivity contribution in [2.24, 2.45) is 5.14 Å². The van der Waals surface area contributed by atoms with Crippen molar-refractivity contribution in [3.8, 4) is 11.5 Å². The maximum atomic E-state index is 13.0. The van der Waals surface area contributed by atoms with Crippen molar-refractivity contribution in [3.63, 3.8) is 0 Å². The highest BCUT2D eigenvalue weighted by molar-refractivity contribution is 7.89. The number of carbonyl (C=O) groups excluding carboxylic acids is 1. The van der Waals surface area contributed by atoms with Crippen LogP contribution in [0.3, 0.4) is 0 Å². The number of aryl methyl sites for hydroxylation is 1. The number of carbonyl (C=O) groups is 1. The van der Waals surface area contributed by atoms with Crippen LogP contribution < -0.4 is 25.5 Å². The second kappa shape index (κ2) is 9.76. The molecule has 0 aliphatic rings. The Morgan fingerprint density at radius 3 is 2.49 bits per heavy atom. The molecule has 11 nitrogen and oxygen atoms in total.